The van der Waals surface area contributed by atoms with Crippen LogP contribution in [-0.2, 0) is 4.79 Å². The lowest BCUT2D eigenvalue weighted by Crippen LogP contribution is -2.40. The number of amides is 1. The summed E-state index contributed by atoms with van der Waals surface area (Å²) in [5, 5.41) is 2.78. The molecule has 0 saturated carbocycles. The maximum absolute atomic E-state index is 13.5. The first kappa shape index (κ1) is 17.0. The molecule has 1 amide bonds. The highest BCUT2D eigenvalue weighted by molar-refractivity contribution is 5.80. The lowest BCUT2D eigenvalue weighted by molar-refractivity contribution is -0.120. The minimum Gasteiger partial charge on any atom is -0.374 e. The predicted molar refractivity (Wildman–Crippen MR) is 97.3 cm³/mol. The average Bonchev–Trinajstić information content (AvgIpc) is 2.67. The van der Waals surface area contributed by atoms with Crippen LogP contribution in [0.3, 0.4) is 0 Å². The summed E-state index contributed by atoms with van der Waals surface area (Å²) in [6, 6.07) is 16.8. The second kappa shape index (κ2) is 8.33. The summed E-state index contributed by atoms with van der Waals surface area (Å²) >= 11 is 0. The molecule has 25 heavy (non-hydrogen) atoms. The van der Waals surface area contributed by atoms with Crippen LogP contribution in [0.2, 0.25) is 0 Å². The van der Waals surface area contributed by atoms with Gasteiger partial charge in [0.15, 0.2) is 0 Å². The second-order valence-corrected chi connectivity index (χ2v) is 6.12. The molecule has 2 aromatic carbocycles. The molecule has 3 rings (SSSR count). The molecule has 5 heteroatoms. The fraction of sp³-hybridized carbons (Fsp3) is 0.250. The number of allylic oxidation sites excluding steroid dienone is 2. The zero-order valence-corrected chi connectivity index (χ0v) is 14.0. The smallest absolute Gasteiger partial charge is 0.257 e. The van der Waals surface area contributed by atoms with Crippen molar-refractivity contribution in [2.24, 2.45) is 0 Å². The Bertz CT molecular complexity index is 746. The molecular weight excluding hydrogens is 317 g/mol. The van der Waals surface area contributed by atoms with Gasteiger partial charge in [-0.1, -0.05) is 48.5 Å². The van der Waals surface area contributed by atoms with Gasteiger partial charge in [-0.05, 0) is 42.9 Å². The fourth-order valence-electron chi connectivity index (χ4n) is 2.95. The summed E-state index contributed by atoms with van der Waals surface area (Å²) < 4.78 is 13.5. The van der Waals surface area contributed by atoms with Crippen molar-refractivity contribution in [3.05, 3.63) is 77.8 Å². The molecule has 0 unspecified atom stereocenters. The summed E-state index contributed by atoms with van der Waals surface area (Å²) in [7, 11) is 0. The third kappa shape index (κ3) is 4.83. The van der Waals surface area contributed by atoms with E-state index in [2.05, 4.69) is 46.5 Å². The van der Waals surface area contributed by atoms with E-state index in [9.17, 15) is 9.18 Å². The van der Waals surface area contributed by atoms with Crippen LogP contribution in [0.4, 0.5) is 10.1 Å². The molecule has 0 spiro atoms. The number of carbonyl (C=O) groups is 1. The van der Waals surface area contributed by atoms with Crippen molar-refractivity contribution in [3.63, 3.8) is 0 Å². The molecule has 0 bridgehead atoms. The lowest BCUT2D eigenvalue weighted by atomic mass is 9.87. The van der Waals surface area contributed by atoms with Crippen LogP contribution < -0.4 is 16.2 Å². The van der Waals surface area contributed by atoms with E-state index in [0.717, 1.165) is 25.0 Å². The van der Waals surface area contributed by atoms with Gasteiger partial charge in [-0.15, -0.1) is 0 Å². The van der Waals surface area contributed by atoms with Gasteiger partial charge >= 0.3 is 0 Å². The van der Waals surface area contributed by atoms with Crippen molar-refractivity contribution in [3.8, 4) is 0 Å². The summed E-state index contributed by atoms with van der Waals surface area (Å²) in [6.45, 7) is 0.00779. The Morgan fingerprint density at radius 2 is 1.84 bits per heavy atom. The Labute approximate surface area is 147 Å². The van der Waals surface area contributed by atoms with E-state index >= 15 is 0 Å². The van der Waals surface area contributed by atoms with E-state index in [0.29, 0.717) is 11.6 Å². The highest BCUT2D eigenvalue weighted by atomic mass is 19.1. The molecule has 130 valence electrons. The zero-order chi connectivity index (χ0) is 17.5. The Morgan fingerprint density at radius 3 is 2.56 bits per heavy atom. The van der Waals surface area contributed by atoms with E-state index in [-0.39, 0.29) is 18.3 Å². The van der Waals surface area contributed by atoms with Gasteiger partial charge in [-0.3, -0.25) is 10.2 Å². The Balaban J connectivity index is 1.42. The number of para-hydroxylation sites is 1. The number of rotatable bonds is 6. The number of anilines is 1. The van der Waals surface area contributed by atoms with Crippen molar-refractivity contribution in [1.29, 1.82) is 0 Å². The predicted octanol–water partition coefficient (Wildman–Crippen LogP) is 3.71. The number of carbonyl (C=O) groups excluding carboxylic acids is 1. The second-order valence-electron chi connectivity index (χ2n) is 6.12. The summed E-state index contributed by atoms with van der Waals surface area (Å²) in [4.78, 5) is 11.9. The largest absolute Gasteiger partial charge is 0.374 e. The number of nitrogens with one attached hydrogen (secondary N) is 3. The Morgan fingerprint density at radius 1 is 1.08 bits per heavy atom. The minimum atomic E-state index is -0.370. The van der Waals surface area contributed by atoms with E-state index < -0.39 is 0 Å². The molecule has 0 saturated heterocycles. The van der Waals surface area contributed by atoms with Crippen LogP contribution in [0.15, 0.2) is 66.4 Å². The molecule has 2 aromatic rings. The number of hydrogen-bond acceptors (Lipinski definition) is 3. The number of halogens is 1. The van der Waals surface area contributed by atoms with Crippen molar-refractivity contribution in [2.75, 3.05) is 11.9 Å². The summed E-state index contributed by atoms with van der Waals surface area (Å²) in [6.07, 6.45) is 5.02. The van der Waals surface area contributed by atoms with Gasteiger partial charge in [0, 0.05) is 5.70 Å². The van der Waals surface area contributed by atoms with E-state index in [4.69, 9.17) is 0 Å². The molecule has 0 fully saturated rings. The van der Waals surface area contributed by atoms with Gasteiger partial charge < -0.3 is 10.7 Å². The van der Waals surface area contributed by atoms with Gasteiger partial charge in [0.05, 0.1) is 12.2 Å². The maximum atomic E-state index is 13.5. The van der Waals surface area contributed by atoms with Gasteiger partial charge in [0.2, 0.25) is 0 Å². The lowest BCUT2D eigenvalue weighted by Gasteiger charge is -2.23. The van der Waals surface area contributed by atoms with E-state index in [1.807, 2.05) is 6.07 Å². The third-order valence-corrected chi connectivity index (χ3v) is 4.36. The number of hydrogen-bond donors (Lipinski definition) is 3. The molecular formula is C20H22FN3O. The first-order valence-corrected chi connectivity index (χ1v) is 8.49. The summed E-state index contributed by atoms with van der Waals surface area (Å²) in [5.41, 5.74) is 8.32. The highest BCUT2D eigenvalue weighted by Crippen LogP contribution is 2.30. The number of benzene rings is 2. The van der Waals surface area contributed by atoms with Gasteiger partial charge in [-0.2, -0.15) is 0 Å². The molecule has 0 heterocycles. The SMILES string of the molecule is O=C(CNc1ccccc1F)NNC1=CC[C@H](c2ccccc2)CC1. The maximum Gasteiger partial charge on any atom is 0.257 e. The van der Waals surface area contributed by atoms with Crippen LogP contribution >= 0.6 is 0 Å². The highest BCUT2D eigenvalue weighted by Gasteiger charge is 2.16. The Kier molecular flexibility index (Phi) is 5.67. The van der Waals surface area contributed by atoms with Gasteiger partial charge in [0.1, 0.15) is 5.82 Å². The van der Waals surface area contributed by atoms with Gasteiger partial charge in [-0.25, -0.2) is 4.39 Å². The Hall–Kier alpha value is -2.82. The fourth-order valence-corrected chi connectivity index (χ4v) is 2.95. The van der Waals surface area contributed by atoms with Crippen LogP contribution in [-0.4, -0.2) is 12.5 Å². The van der Waals surface area contributed by atoms with Crippen molar-refractivity contribution < 1.29 is 9.18 Å². The minimum absolute atomic E-state index is 0.00779. The molecule has 0 radical (unpaired) electrons. The molecule has 3 N–H and O–H groups in total. The van der Waals surface area contributed by atoms with Crippen LogP contribution in [0, 0.1) is 5.82 Å². The van der Waals surface area contributed by atoms with Crippen molar-refractivity contribution in [1.82, 2.24) is 10.9 Å². The molecule has 4 nitrogen and oxygen atoms in total. The van der Waals surface area contributed by atoms with E-state index in [1.165, 1.54) is 11.6 Å². The molecule has 1 atom stereocenters. The van der Waals surface area contributed by atoms with E-state index in [1.54, 1.807) is 18.2 Å². The molecule has 1 aliphatic rings. The normalized spacial score (nSPS) is 16.7. The monoisotopic (exact) mass is 339 g/mol. The topological polar surface area (TPSA) is 53.2 Å². The third-order valence-electron chi connectivity index (χ3n) is 4.36. The first-order chi connectivity index (χ1) is 12.2. The zero-order valence-electron chi connectivity index (χ0n) is 14.0. The van der Waals surface area contributed by atoms with Gasteiger partial charge in [0.25, 0.3) is 5.91 Å². The van der Waals surface area contributed by atoms with Crippen molar-refractivity contribution >= 4 is 11.6 Å². The molecule has 1 aliphatic carbocycles. The quantitative estimate of drug-likeness (QED) is 0.703. The number of hydrazine groups is 1. The van der Waals surface area contributed by atoms with Crippen LogP contribution in [0.25, 0.3) is 0 Å². The van der Waals surface area contributed by atoms with Crippen LogP contribution in [0.5, 0.6) is 0 Å². The molecule has 0 aliphatic heterocycles. The average molecular weight is 339 g/mol. The summed E-state index contributed by atoms with van der Waals surface area (Å²) in [5.74, 6) is -0.0790. The van der Waals surface area contributed by atoms with Crippen molar-refractivity contribution in [2.45, 2.75) is 25.2 Å². The first-order valence-electron chi connectivity index (χ1n) is 8.49. The molecule has 0 aromatic heterocycles. The van der Waals surface area contributed by atoms with Crippen LogP contribution in [0.1, 0.15) is 30.7 Å². The standard InChI is InChI=1S/C20H22FN3O/c21-18-8-4-5-9-19(18)22-14-20(25)24-23-17-12-10-16(11-13-17)15-6-2-1-3-7-15/h1-9,12,16,22-23H,10-11,13-14H2,(H,24,25)/t16-/m0/s1.